The number of hydrogen-bond acceptors (Lipinski definition) is 0. The van der Waals surface area contributed by atoms with Crippen molar-refractivity contribution in [1.82, 2.24) is 0 Å². The summed E-state index contributed by atoms with van der Waals surface area (Å²) in [5, 5.41) is 0. The lowest BCUT2D eigenvalue weighted by Crippen LogP contribution is -1.75. The Balaban J connectivity index is 2.83. The summed E-state index contributed by atoms with van der Waals surface area (Å²) in [5.74, 6) is 2.26. The second kappa shape index (κ2) is 8.80. The second-order valence-electron chi connectivity index (χ2n) is 2.73. The average Bonchev–Trinajstić information content (AvgIpc) is 1.97. The molecule has 1 heteroatoms. The van der Waals surface area contributed by atoms with Crippen LogP contribution in [0.1, 0.15) is 39.0 Å². The van der Waals surface area contributed by atoms with Crippen molar-refractivity contribution in [1.29, 1.82) is 0 Å². The Morgan fingerprint density at radius 3 is 2.60 bits per heavy atom. The fourth-order valence-electron chi connectivity index (χ4n) is 0.973. The van der Waals surface area contributed by atoms with Crippen LogP contribution in [0.5, 0.6) is 0 Å². The van der Waals surface area contributed by atoms with Crippen molar-refractivity contribution in [2.75, 3.05) is 0 Å². The molecule has 0 aromatic carbocycles. The quantitative estimate of drug-likeness (QED) is 0.391. The molecule has 58 valence electrons. The van der Waals surface area contributed by atoms with Gasteiger partial charge in [-0.15, -0.1) is 5.98 Å². The van der Waals surface area contributed by atoms with Gasteiger partial charge in [-0.25, -0.2) is 0 Å². The number of allylic oxidation sites excluding steroid dienone is 1. The minimum absolute atomic E-state index is 1.19. The summed E-state index contributed by atoms with van der Waals surface area (Å²) in [6.45, 7) is 4.43. The molecule has 0 radical (unpaired) electrons. The zero-order valence-electron chi connectivity index (χ0n) is 7.40. The van der Waals surface area contributed by atoms with E-state index in [4.69, 9.17) is 0 Å². The normalized spacial score (nSPS) is 10.6. The molecule has 0 aromatic rings. The first-order valence-electron chi connectivity index (χ1n) is 4.56. The lowest BCUT2D eigenvalue weighted by molar-refractivity contribution is 0.674. The van der Waals surface area contributed by atoms with E-state index < -0.39 is 0 Å². The molecule has 0 aliphatic heterocycles. The van der Waals surface area contributed by atoms with Gasteiger partial charge in [-0.05, 0) is 12.8 Å². The van der Waals surface area contributed by atoms with Gasteiger partial charge >= 0.3 is 0 Å². The Hall–Kier alpha value is -0.195. The van der Waals surface area contributed by atoms with Crippen LogP contribution in [-0.2, 0) is 0 Å². The minimum atomic E-state index is 1.19. The first-order valence-corrected chi connectivity index (χ1v) is 4.56. The summed E-state index contributed by atoms with van der Waals surface area (Å²) in [7, 11) is 1.19. The van der Waals surface area contributed by atoms with E-state index in [9.17, 15) is 0 Å². The van der Waals surface area contributed by atoms with E-state index in [-0.39, 0.29) is 0 Å². The lowest BCUT2D eigenvalue weighted by atomic mass is 9.82. The van der Waals surface area contributed by atoms with Gasteiger partial charge in [-0.3, -0.25) is 0 Å². The molecule has 0 nitrogen and oxygen atoms in total. The molecule has 0 aromatic heterocycles. The maximum absolute atomic E-state index is 2.30. The van der Waals surface area contributed by atoms with Crippen LogP contribution in [-0.4, -0.2) is 7.28 Å². The molecule has 0 fully saturated rings. The van der Waals surface area contributed by atoms with Crippen molar-refractivity contribution in [3.8, 4) is 0 Å². The van der Waals surface area contributed by atoms with Gasteiger partial charge in [0.25, 0.3) is 0 Å². The summed E-state index contributed by atoms with van der Waals surface area (Å²) in [6, 6.07) is 0. The van der Waals surface area contributed by atoms with Crippen LogP contribution in [0, 0.1) is 0 Å². The maximum atomic E-state index is 2.30. The van der Waals surface area contributed by atoms with Crippen molar-refractivity contribution in [2.24, 2.45) is 0 Å². The fraction of sp³-hybridized carbons (Fsp3) is 0.778. The summed E-state index contributed by atoms with van der Waals surface area (Å²) >= 11 is 0. The first kappa shape index (κ1) is 9.80. The van der Waals surface area contributed by atoms with Gasteiger partial charge in [-0.1, -0.05) is 39.1 Å². The number of hydrogen-bond donors (Lipinski definition) is 0. The highest BCUT2D eigenvalue weighted by Crippen LogP contribution is 2.02. The molecule has 0 unspecified atom stereocenters. The molecular formula is C9H19B. The van der Waals surface area contributed by atoms with E-state index in [1.165, 1.54) is 39.4 Å². The Morgan fingerprint density at radius 2 is 2.00 bits per heavy atom. The summed E-state index contributed by atoms with van der Waals surface area (Å²) in [5.41, 5.74) is 0. The predicted octanol–water partition coefficient (Wildman–Crippen LogP) is 2.96. The molecule has 0 heterocycles. The third-order valence-electron chi connectivity index (χ3n) is 1.63. The Labute approximate surface area is 66.0 Å². The van der Waals surface area contributed by atoms with Crippen molar-refractivity contribution in [3.05, 3.63) is 12.1 Å². The largest absolute Gasteiger partial charge is 0.144 e. The molecule has 0 bridgehead atoms. The van der Waals surface area contributed by atoms with Gasteiger partial charge < -0.3 is 0 Å². The predicted molar refractivity (Wildman–Crippen MR) is 50.9 cm³/mol. The van der Waals surface area contributed by atoms with E-state index in [1.54, 1.807) is 0 Å². The summed E-state index contributed by atoms with van der Waals surface area (Å²) in [6.07, 6.45) is 9.12. The van der Waals surface area contributed by atoms with Crippen molar-refractivity contribution in [2.45, 2.75) is 45.9 Å². The lowest BCUT2D eigenvalue weighted by Gasteiger charge is -1.92. The molecule has 0 aliphatic rings. The van der Waals surface area contributed by atoms with Gasteiger partial charge in [0.1, 0.15) is 7.28 Å². The van der Waals surface area contributed by atoms with Crippen LogP contribution in [0.3, 0.4) is 0 Å². The zero-order valence-corrected chi connectivity index (χ0v) is 7.40. The van der Waals surface area contributed by atoms with Gasteiger partial charge in [0.15, 0.2) is 0 Å². The van der Waals surface area contributed by atoms with E-state index in [1.807, 2.05) is 0 Å². The van der Waals surface area contributed by atoms with E-state index >= 15 is 0 Å². The third-order valence-corrected chi connectivity index (χ3v) is 1.63. The Morgan fingerprint density at radius 1 is 1.20 bits per heavy atom. The van der Waals surface area contributed by atoms with Crippen molar-refractivity contribution < 1.29 is 0 Å². The van der Waals surface area contributed by atoms with Crippen LogP contribution in [0.25, 0.3) is 0 Å². The SMILES string of the molecule is CB/C=C/CCCCCC. The van der Waals surface area contributed by atoms with Crippen LogP contribution >= 0.6 is 0 Å². The van der Waals surface area contributed by atoms with Gasteiger partial charge in [0.2, 0.25) is 0 Å². The number of rotatable bonds is 6. The molecule has 0 spiro atoms. The number of unbranched alkanes of at least 4 members (excludes halogenated alkanes) is 4. The molecule has 0 saturated heterocycles. The molecular weight excluding hydrogens is 119 g/mol. The Bertz CT molecular complexity index is 76.8. The highest BCUT2D eigenvalue weighted by molar-refractivity contribution is 6.40. The molecule has 10 heavy (non-hydrogen) atoms. The topological polar surface area (TPSA) is 0 Å². The van der Waals surface area contributed by atoms with E-state index in [0.717, 1.165) is 0 Å². The van der Waals surface area contributed by atoms with Crippen molar-refractivity contribution in [3.63, 3.8) is 0 Å². The molecule has 0 amide bonds. The van der Waals surface area contributed by atoms with Gasteiger partial charge in [0.05, 0.1) is 0 Å². The fourth-order valence-corrected chi connectivity index (χ4v) is 0.973. The first-order chi connectivity index (χ1) is 4.91. The molecule has 0 atom stereocenters. The maximum Gasteiger partial charge on any atom is 0.144 e. The molecule has 0 aliphatic carbocycles. The highest BCUT2D eigenvalue weighted by Gasteiger charge is 1.83. The summed E-state index contributed by atoms with van der Waals surface area (Å²) < 4.78 is 0. The highest BCUT2D eigenvalue weighted by atomic mass is 13.9. The van der Waals surface area contributed by atoms with Crippen molar-refractivity contribution >= 4 is 7.28 Å². The molecule has 0 rings (SSSR count). The average molecular weight is 138 g/mol. The van der Waals surface area contributed by atoms with Gasteiger partial charge in [0, 0.05) is 0 Å². The van der Waals surface area contributed by atoms with Crippen LogP contribution in [0.2, 0.25) is 6.82 Å². The Kier molecular flexibility index (Phi) is 8.63. The van der Waals surface area contributed by atoms with Crippen LogP contribution < -0.4 is 0 Å². The standard InChI is InChI=1S/C9H19B/c1-3-4-5-6-7-8-9-10-2/h8-10H,3-7H2,1-2H3/b9-8+. The monoisotopic (exact) mass is 138 g/mol. The molecule has 0 N–H and O–H groups in total. The minimum Gasteiger partial charge on any atom is -0.124 e. The van der Waals surface area contributed by atoms with E-state index in [2.05, 4.69) is 25.8 Å². The molecule has 0 saturated carbocycles. The third kappa shape index (κ3) is 7.80. The van der Waals surface area contributed by atoms with E-state index in [0.29, 0.717) is 0 Å². The summed E-state index contributed by atoms with van der Waals surface area (Å²) in [4.78, 5) is 0. The second-order valence-corrected chi connectivity index (χ2v) is 2.73. The van der Waals surface area contributed by atoms with Crippen LogP contribution in [0.15, 0.2) is 12.1 Å². The zero-order chi connectivity index (χ0) is 7.66. The smallest absolute Gasteiger partial charge is 0.124 e. The van der Waals surface area contributed by atoms with Gasteiger partial charge in [-0.2, -0.15) is 0 Å². The van der Waals surface area contributed by atoms with Crippen LogP contribution in [0.4, 0.5) is 0 Å².